The molecular weight excluding hydrogens is 214 g/mol. The Labute approximate surface area is 81.2 Å². The summed E-state index contributed by atoms with van der Waals surface area (Å²) in [7, 11) is 0. The van der Waals surface area contributed by atoms with Crippen molar-refractivity contribution in [3.63, 3.8) is 0 Å². The molecule has 0 N–H and O–H groups in total. The molecule has 0 aliphatic heterocycles. The van der Waals surface area contributed by atoms with Gasteiger partial charge in [0.15, 0.2) is 0 Å². The number of rotatable bonds is 1. The minimum absolute atomic E-state index is 0.410. The standard InChI is InChI=1S/C10H10BrN/c1-7(2)10-4-3-9(11)5-8(10)6-12/h3-5,7H,1-2H3. The van der Waals surface area contributed by atoms with Gasteiger partial charge in [-0.2, -0.15) is 5.26 Å². The van der Waals surface area contributed by atoms with Gasteiger partial charge in [0.2, 0.25) is 0 Å². The molecule has 0 amide bonds. The molecule has 0 heterocycles. The summed E-state index contributed by atoms with van der Waals surface area (Å²) in [5.74, 6) is 0.410. The molecule has 1 rings (SSSR count). The molecule has 2 heteroatoms. The Morgan fingerprint density at radius 3 is 2.58 bits per heavy atom. The van der Waals surface area contributed by atoms with Crippen molar-refractivity contribution in [2.45, 2.75) is 19.8 Å². The molecule has 0 aliphatic rings. The maximum absolute atomic E-state index is 8.82. The quantitative estimate of drug-likeness (QED) is 0.716. The van der Waals surface area contributed by atoms with Crippen LogP contribution in [0.5, 0.6) is 0 Å². The van der Waals surface area contributed by atoms with Crippen molar-refractivity contribution in [3.8, 4) is 6.07 Å². The third-order valence-corrected chi connectivity index (χ3v) is 2.25. The zero-order valence-electron chi connectivity index (χ0n) is 7.13. The third-order valence-electron chi connectivity index (χ3n) is 1.76. The van der Waals surface area contributed by atoms with Crippen molar-refractivity contribution >= 4 is 15.9 Å². The van der Waals surface area contributed by atoms with Crippen molar-refractivity contribution in [2.75, 3.05) is 0 Å². The average molecular weight is 224 g/mol. The Balaban J connectivity index is 3.23. The molecule has 0 saturated heterocycles. The average Bonchev–Trinajstić information content (AvgIpc) is 2.03. The summed E-state index contributed by atoms with van der Waals surface area (Å²) in [5.41, 5.74) is 1.88. The zero-order valence-corrected chi connectivity index (χ0v) is 8.72. The number of hydrogen-bond acceptors (Lipinski definition) is 1. The van der Waals surface area contributed by atoms with E-state index in [4.69, 9.17) is 5.26 Å². The van der Waals surface area contributed by atoms with Gasteiger partial charge in [0.05, 0.1) is 11.6 Å². The molecule has 1 aromatic rings. The van der Waals surface area contributed by atoms with Crippen molar-refractivity contribution in [2.24, 2.45) is 0 Å². The van der Waals surface area contributed by atoms with Gasteiger partial charge in [-0.15, -0.1) is 0 Å². The third kappa shape index (κ3) is 1.86. The Bertz CT molecular complexity index is 323. The number of halogens is 1. The topological polar surface area (TPSA) is 23.8 Å². The zero-order chi connectivity index (χ0) is 9.14. The largest absolute Gasteiger partial charge is 0.192 e. The van der Waals surface area contributed by atoms with E-state index in [1.807, 2.05) is 18.2 Å². The van der Waals surface area contributed by atoms with Crippen LogP contribution in [0.2, 0.25) is 0 Å². The van der Waals surface area contributed by atoms with Crippen LogP contribution >= 0.6 is 15.9 Å². The maximum atomic E-state index is 8.82. The lowest BCUT2D eigenvalue weighted by Gasteiger charge is -2.06. The Morgan fingerprint density at radius 2 is 2.08 bits per heavy atom. The van der Waals surface area contributed by atoms with Crippen molar-refractivity contribution in [3.05, 3.63) is 33.8 Å². The molecule has 1 nitrogen and oxygen atoms in total. The van der Waals surface area contributed by atoms with Crippen LogP contribution < -0.4 is 0 Å². The molecule has 0 bridgehead atoms. The van der Waals surface area contributed by atoms with E-state index in [0.29, 0.717) is 5.92 Å². The predicted octanol–water partition coefficient (Wildman–Crippen LogP) is 3.44. The Kier molecular flexibility index (Phi) is 2.88. The molecule has 1 aromatic carbocycles. The second-order valence-corrected chi connectivity index (χ2v) is 3.91. The van der Waals surface area contributed by atoms with Gasteiger partial charge < -0.3 is 0 Å². The summed E-state index contributed by atoms with van der Waals surface area (Å²) in [6.45, 7) is 4.17. The van der Waals surface area contributed by atoms with E-state index in [0.717, 1.165) is 15.6 Å². The van der Waals surface area contributed by atoms with Crippen molar-refractivity contribution in [1.29, 1.82) is 5.26 Å². The highest BCUT2D eigenvalue weighted by atomic mass is 79.9. The number of hydrogen-bond donors (Lipinski definition) is 0. The second kappa shape index (κ2) is 3.73. The van der Waals surface area contributed by atoms with Crippen molar-refractivity contribution in [1.82, 2.24) is 0 Å². The monoisotopic (exact) mass is 223 g/mol. The van der Waals surface area contributed by atoms with Crippen LogP contribution in [-0.2, 0) is 0 Å². The number of nitrogens with zero attached hydrogens (tertiary/aromatic N) is 1. The van der Waals surface area contributed by atoms with Gasteiger partial charge in [0.25, 0.3) is 0 Å². The molecule has 0 radical (unpaired) electrons. The highest BCUT2D eigenvalue weighted by Crippen LogP contribution is 2.22. The Hall–Kier alpha value is -0.810. The second-order valence-electron chi connectivity index (χ2n) is 3.00. The van der Waals surface area contributed by atoms with Gasteiger partial charge in [-0.1, -0.05) is 35.8 Å². The van der Waals surface area contributed by atoms with E-state index in [-0.39, 0.29) is 0 Å². The van der Waals surface area contributed by atoms with E-state index < -0.39 is 0 Å². The lowest BCUT2D eigenvalue weighted by molar-refractivity contribution is 0.862. The summed E-state index contributed by atoms with van der Waals surface area (Å²) in [6.07, 6.45) is 0. The van der Waals surface area contributed by atoms with Crippen LogP contribution in [0.25, 0.3) is 0 Å². The van der Waals surface area contributed by atoms with Gasteiger partial charge in [-0.3, -0.25) is 0 Å². The van der Waals surface area contributed by atoms with Crippen molar-refractivity contribution < 1.29 is 0 Å². The molecule has 0 aliphatic carbocycles. The first-order valence-electron chi connectivity index (χ1n) is 3.84. The molecular formula is C10H10BrN. The van der Waals surface area contributed by atoms with Gasteiger partial charge in [0, 0.05) is 4.47 Å². The van der Waals surface area contributed by atoms with E-state index in [2.05, 4.69) is 35.8 Å². The van der Waals surface area contributed by atoms with E-state index in [1.165, 1.54) is 0 Å². The predicted molar refractivity (Wildman–Crippen MR) is 52.9 cm³/mol. The lowest BCUT2D eigenvalue weighted by atomic mass is 9.98. The summed E-state index contributed by atoms with van der Waals surface area (Å²) in [5, 5.41) is 8.82. The molecule has 0 unspecified atom stereocenters. The number of benzene rings is 1. The molecule has 0 saturated carbocycles. The molecule has 0 fully saturated rings. The fourth-order valence-corrected chi connectivity index (χ4v) is 1.49. The number of nitriles is 1. The van der Waals surface area contributed by atoms with Crippen LogP contribution in [0.15, 0.2) is 22.7 Å². The summed E-state index contributed by atoms with van der Waals surface area (Å²) >= 11 is 3.34. The first-order valence-corrected chi connectivity index (χ1v) is 4.64. The van der Waals surface area contributed by atoms with Crippen LogP contribution in [0.1, 0.15) is 30.9 Å². The van der Waals surface area contributed by atoms with Gasteiger partial charge in [-0.25, -0.2) is 0 Å². The smallest absolute Gasteiger partial charge is 0.0995 e. The maximum Gasteiger partial charge on any atom is 0.0995 e. The van der Waals surface area contributed by atoms with Gasteiger partial charge in [-0.05, 0) is 23.6 Å². The van der Waals surface area contributed by atoms with E-state index in [1.54, 1.807) is 0 Å². The van der Waals surface area contributed by atoms with E-state index in [9.17, 15) is 0 Å². The van der Waals surface area contributed by atoms with Crippen LogP contribution in [0, 0.1) is 11.3 Å². The molecule has 0 atom stereocenters. The van der Waals surface area contributed by atoms with Crippen LogP contribution in [0.4, 0.5) is 0 Å². The summed E-state index contributed by atoms with van der Waals surface area (Å²) in [4.78, 5) is 0. The highest BCUT2D eigenvalue weighted by Gasteiger charge is 2.05. The van der Waals surface area contributed by atoms with Gasteiger partial charge in [0.1, 0.15) is 0 Å². The molecule has 0 aromatic heterocycles. The fraction of sp³-hybridized carbons (Fsp3) is 0.300. The first-order chi connectivity index (χ1) is 5.65. The Morgan fingerprint density at radius 1 is 1.42 bits per heavy atom. The SMILES string of the molecule is CC(C)c1ccc(Br)cc1C#N. The first kappa shape index (κ1) is 9.28. The van der Waals surface area contributed by atoms with E-state index >= 15 is 0 Å². The fourth-order valence-electron chi connectivity index (χ4n) is 1.13. The van der Waals surface area contributed by atoms with Crippen LogP contribution in [-0.4, -0.2) is 0 Å². The van der Waals surface area contributed by atoms with Gasteiger partial charge >= 0.3 is 0 Å². The minimum Gasteiger partial charge on any atom is -0.192 e. The minimum atomic E-state index is 0.410. The molecule has 12 heavy (non-hydrogen) atoms. The normalized spacial score (nSPS) is 9.92. The molecule has 62 valence electrons. The lowest BCUT2D eigenvalue weighted by Crippen LogP contribution is -1.91. The summed E-state index contributed by atoms with van der Waals surface area (Å²) in [6, 6.07) is 8.01. The van der Waals surface area contributed by atoms with Crippen LogP contribution in [0.3, 0.4) is 0 Å². The highest BCUT2D eigenvalue weighted by molar-refractivity contribution is 9.10. The summed E-state index contributed by atoms with van der Waals surface area (Å²) < 4.78 is 0.962. The molecule has 0 spiro atoms.